The van der Waals surface area contributed by atoms with E-state index < -0.39 is 10.0 Å². The van der Waals surface area contributed by atoms with Crippen LogP contribution in [-0.2, 0) is 10.0 Å². The molecule has 0 atom stereocenters. The number of halogens is 1. The Bertz CT molecular complexity index is 511. The fourth-order valence-electron chi connectivity index (χ4n) is 1.50. The lowest BCUT2D eigenvalue weighted by atomic mass is 10.2. The Balaban J connectivity index is 0.00000144. The molecule has 0 N–H and O–H groups in total. The zero-order valence-electron chi connectivity index (χ0n) is 9.70. The minimum Gasteiger partial charge on any atom is -0.361 e. The Morgan fingerprint density at radius 2 is 1.71 bits per heavy atom. The first kappa shape index (κ1) is 13.9. The van der Waals surface area contributed by atoms with Crippen molar-refractivity contribution in [3.63, 3.8) is 0 Å². The number of hydrogen-bond acceptors (Lipinski definition) is 3. The molecule has 0 aromatic heterocycles. The van der Waals surface area contributed by atoms with Gasteiger partial charge in [-0.3, -0.25) is 4.31 Å². The maximum Gasteiger partial charge on any atom is 0.265 e. The van der Waals surface area contributed by atoms with Gasteiger partial charge in [0.2, 0.25) is 0 Å². The maximum atomic E-state index is 12.1. The molecule has 0 radical (unpaired) electrons. The van der Waals surface area contributed by atoms with Crippen LogP contribution < -0.4 is 0 Å². The highest BCUT2D eigenvalue weighted by Crippen LogP contribution is 2.19. The Hall–Kier alpha value is -1.20. The van der Waals surface area contributed by atoms with Crippen molar-refractivity contribution in [3.8, 4) is 0 Å². The average Bonchev–Trinajstić information content (AvgIpc) is 2.66. The highest BCUT2D eigenvalue weighted by molar-refractivity contribution is 7.89. The lowest BCUT2D eigenvalue weighted by Gasteiger charge is -2.18. The first-order valence-corrected chi connectivity index (χ1v) is 6.41. The van der Waals surface area contributed by atoms with E-state index >= 15 is 0 Å². The summed E-state index contributed by atoms with van der Waals surface area (Å²) < 4.78 is 25.6. The van der Waals surface area contributed by atoms with Gasteiger partial charge in [-0.15, -0.1) is 12.4 Å². The molecule has 1 heterocycles. The van der Waals surface area contributed by atoms with E-state index in [0.717, 1.165) is 5.56 Å². The number of rotatable bonds is 2. The van der Waals surface area contributed by atoms with Crippen LogP contribution in [0.2, 0.25) is 0 Å². The fraction of sp³-hybridized carbons (Fsp3) is 0.273. The molecule has 2 rings (SSSR count). The number of sulfonamides is 1. The summed E-state index contributed by atoms with van der Waals surface area (Å²) >= 11 is 0. The predicted octanol–water partition coefficient (Wildman–Crippen LogP) is 1.78. The molecular weight excluding hydrogens is 260 g/mol. The summed E-state index contributed by atoms with van der Waals surface area (Å²) in [6, 6.07) is 6.88. The van der Waals surface area contributed by atoms with Crippen molar-refractivity contribution in [1.29, 1.82) is 0 Å². The van der Waals surface area contributed by atoms with Gasteiger partial charge in [-0.1, -0.05) is 17.7 Å². The lowest BCUT2D eigenvalue weighted by molar-refractivity contribution is 0.385. The van der Waals surface area contributed by atoms with Crippen molar-refractivity contribution < 1.29 is 8.42 Å². The van der Waals surface area contributed by atoms with E-state index in [9.17, 15) is 8.42 Å². The molecule has 1 aliphatic heterocycles. The van der Waals surface area contributed by atoms with Crippen molar-refractivity contribution >= 4 is 22.4 Å². The summed E-state index contributed by atoms with van der Waals surface area (Å²) in [5.74, 6) is 0. The van der Waals surface area contributed by atoms with Gasteiger partial charge in [-0.25, -0.2) is 8.42 Å². The van der Waals surface area contributed by atoms with E-state index in [4.69, 9.17) is 0 Å². The van der Waals surface area contributed by atoms with Crippen LogP contribution in [0.1, 0.15) is 5.56 Å². The zero-order valence-corrected chi connectivity index (χ0v) is 11.3. The zero-order chi connectivity index (χ0) is 11.8. The van der Waals surface area contributed by atoms with Gasteiger partial charge in [0, 0.05) is 19.4 Å². The van der Waals surface area contributed by atoms with Gasteiger partial charge in [-0.05, 0) is 19.1 Å². The molecule has 0 saturated carbocycles. The van der Waals surface area contributed by atoms with Crippen molar-refractivity contribution in [1.82, 2.24) is 9.21 Å². The van der Waals surface area contributed by atoms with Gasteiger partial charge in [0.25, 0.3) is 10.0 Å². The monoisotopic (exact) mass is 274 g/mol. The summed E-state index contributed by atoms with van der Waals surface area (Å²) in [6.07, 6.45) is 3.32. The second-order valence-corrected chi connectivity index (χ2v) is 5.79. The van der Waals surface area contributed by atoms with E-state index in [2.05, 4.69) is 0 Å². The third-order valence-electron chi connectivity index (χ3n) is 2.48. The van der Waals surface area contributed by atoms with Gasteiger partial charge in [0.15, 0.2) is 0 Å². The van der Waals surface area contributed by atoms with Crippen LogP contribution in [0.15, 0.2) is 41.6 Å². The molecule has 94 valence electrons. The molecule has 1 aromatic rings. The van der Waals surface area contributed by atoms with Crippen molar-refractivity contribution in [2.24, 2.45) is 0 Å². The molecule has 0 spiro atoms. The Labute approximate surface area is 108 Å². The normalized spacial score (nSPS) is 14.9. The molecule has 0 bridgehead atoms. The van der Waals surface area contributed by atoms with Crippen LogP contribution >= 0.6 is 12.4 Å². The van der Waals surface area contributed by atoms with Gasteiger partial charge in [-0.2, -0.15) is 0 Å². The minimum atomic E-state index is -3.38. The molecule has 4 nitrogen and oxygen atoms in total. The van der Waals surface area contributed by atoms with Crippen LogP contribution in [0.3, 0.4) is 0 Å². The van der Waals surface area contributed by atoms with E-state index in [1.165, 1.54) is 4.31 Å². The van der Waals surface area contributed by atoms with Crippen molar-refractivity contribution in [2.45, 2.75) is 11.8 Å². The summed E-state index contributed by atoms with van der Waals surface area (Å²) in [4.78, 5) is 2.14. The molecule has 0 amide bonds. The third kappa shape index (κ3) is 2.73. The van der Waals surface area contributed by atoms with Crippen LogP contribution in [0.5, 0.6) is 0 Å². The van der Waals surface area contributed by atoms with Crippen LogP contribution in [0.25, 0.3) is 0 Å². The molecule has 17 heavy (non-hydrogen) atoms. The summed E-state index contributed by atoms with van der Waals surface area (Å²) in [5, 5.41) is 0. The highest BCUT2D eigenvalue weighted by Gasteiger charge is 2.24. The molecular formula is C11H15ClN2O2S. The first-order valence-electron chi connectivity index (χ1n) is 4.97. The Morgan fingerprint density at radius 1 is 1.12 bits per heavy atom. The third-order valence-corrected chi connectivity index (χ3v) is 4.20. The smallest absolute Gasteiger partial charge is 0.265 e. The summed E-state index contributed by atoms with van der Waals surface area (Å²) in [5.41, 5.74) is 1.05. The number of nitrogens with zero attached hydrogens (tertiary/aromatic N) is 2. The first-order chi connectivity index (χ1) is 7.50. The second kappa shape index (κ2) is 4.98. The number of benzene rings is 1. The number of hydrogen-bond donors (Lipinski definition) is 0. The second-order valence-electron chi connectivity index (χ2n) is 3.90. The summed E-state index contributed by atoms with van der Waals surface area (Å²) in [6.45, 7) is 2.30. The molecule has 1 aliphatic rings. The van der Waals surface area contributed by atoms with Gasteiger partial charge < -0.3 is 4.90 Å². The maximum absolute atomic E-state index is 12.1. The summed E-state index contributed by atoms with van der Waals surface area (Å²) in [7, 11) is -1.55. The van der Waals surface area contributed by atoms with Gasteiger partial charge in [0.1, 0.15) is 6.67 Å². The molecule has 0 saturated heterocycles. The van der Waals surface area contributed by atoms with E-state index in [0.29, 0.717) is 11.6 Å². The standard InChI is InChI=1S/C11H14N2O2S.ClH/c1-10-3-5-11(6-4-10)16(14,15)13-8-7-12(2)9-13;/h3-8H,9H2,1-2H3;1H. The van der Waals surface area contributed by atoms with Crippen molar-refractivity contribution in [3.05, 3.63) is 42.2 Å². The predicted molar refractivity (Wildman–Crippen MR) is 69.2 cm³/mol. The molecule has 0 fully saturated rings. The quantitative estimate of drug-likeness (QED) is 0.825. The van der Waals surface area contributed by atoms with Gasteiger partial charge in [0.05, 0.1) is 4.90 Å². The largest absolute Gasteiger partial charge is 0.361 e. The average molecular weight is 275 g/mol. The molecule has 6 heteroatoms. The highest BCUT2D eigenvalue weighted by atomic mass is 35.5. The SMILES string of the molecule is Cc1ccc(S(=O)(=O)N2C=CN(C)C2)cc1.Cl. The van der Waals surface area contributed by atoms with Gasteiger partial charge >= 0.3 is 0 Å². The fourth-order valence-corrected chi connectivity index (χ4v) is 2.80. The molecule has 0 unspecified atom stereocenters. The molecule has 1 aromatic carbocycles. The van der Waals surface area contributed by atoms with E-state index in [1.807, 2.05) is 18.9 Å². The van der Waals surface area contributed by atoms with Crippen LogP contribution in [-0.4, -0.2) is 31.3 Å². The molecule has 0 aliphatic carbocycles. The number of aryl methyl sites for hydroxylation is 1. The van der Waals surface area contributed by atoms with E-state index in [1.54, 1.807) is 36.7 Å². The topological polar surface area (TPSA) is 40.6 Å². The van der Waals surface area contributed by atoms with Crippen molar-refractivity contribution in [2.75, 3.05) is 13.7 Å². The van der Waals surface area contributed by atoms with E-state index in [-0.39, 0.29) is 12.4 Å². The Kier molecular flexibility index (Phi) is 4.06. The minimum absolute atomic E-state index is 0. The lowest BCUT2D eigenvalue weighted by Crippen LogP contribution is -2.28. The Morgan fingerprint density at radius 3 is 2.18 bits per heavy atom. The van der Waals surface area contributed by atoms with Crippen LogP contribution in [0.4, 0.5) is 0 Å². The van der Waals surface area contributed by atoms with Crippen LogP contribution in [0, 0.1) is 6.92 Å².